The number of rotatable bonds is 10. The molecule has 1 atom stereocenters. The maximum atomic E-state index is 12.2. The van der Waals surface area contributed by atoms with Gasteiger partial charge in [-0.15, -0.1) is 10.2 Å². The maximum absolute atomic E-state index is 12.2. The average molecular weight is 439 g/mol. The third-order valence-corrected chi connectivity index (χ3v) is 5.69. The molecule has 0 bridgehead atoms. The molecule has 1 aromatic rings. The molecule has 170 valence electrons. The van der Waals surface area contributed by atoms with Crippen LogP contribution in [0.2, 0.25) is 0 Å². The first-order valence-electron chi connectivity index (χ1n) is 11.2. The quantitative estimate of drug-likeness (QED) is 0.198. The Hall–Kier alpha value is -1.77. The van der Waals surface area contributed by atoms with Crippen LogP contribution in [-0.2, 0) is 22.5 Å². The molecule has 0 spiro atoms. The molecule has 30 heavy (non-hydrogen) atoms. The summed E-state index contributed by atoms with van der Waals surface area (Å²) in [6, 6.07) is 0. The van der Waals surface area contributed by atoms with Crippen LogP contribution >= 0.6 is 11.8 Å². The number of guanidine groups is 1. The molecule has 0 radical (unpaired) electrons. The molecule has 2 heterocycles. The second-order valence-electron chi connectivity index (χ2n) is 7.98. The molecule has 9 heteroatoms. The van der Waals surface area contributed by atoms with Gasteiger partial charge in [0.05, 0.1) is 12.5 Å². The van der Waals surface area contributed by atoms with Crippen molar-refractivity contribution in [3.8, 4) is 0 Å². The number of hydrogen-bond acceptors (Lipinski definition) is 6. The van der Waals surface area contributed by atoms with Gasteiger partial charge in [0, 0.05) is 39.1 Å². The number of nitrogens with one attached hydrogen (secondary N) is 1. The highest BCUT2D eigenvalue weighted by Crippen LogP contribution is 2.19. The minimum absolute atomic E-state index is 0.0675. The van der Waals surface area contributed by atoms with Gasteiger partial charge in [0.2, 0.25) is 0 Å². The molecule has 1 aromatic heterocycles. The lowest BCUT2D eigenvalue weighted by Crippen LogP contribution is -2.48. The number of hydrogen-bond donors (Lipinski definition) is 1. The normalized spacial score (nSPS) is 17.5. The molecule has 1 unspecified atom stereocenters. The van der Waals surface area contributed by atoms with Crippen molar-refractivity contribution in [2.24, 2.45) is 16.8 Å². The number of aliphatic imine (C=N–C) groups is 1. The zero-order valence-corrected chi connectivity index (χ0v) is 20.0. The number of likely N-dealkylation sites (tertiary alicyclic amines) is 1. The zero-order valence-electron chi connectivity index (χ0n) is 19.2. The van der Waals surface area contributed by atoms with Gasteiger partial charge in [-0.3, -0.25) is 9.79 Å². The number of ether oxygens (including phenoxy) is 1. The second kappa shape index (κ2) is 12.8. The first kappa shape index (κ1) is 24.5. The van der Waals surface area contributed by atoms with Crippen LogP contribution in [0.1, 0.15) is 52.8 Å². The minimum atomic E-state index is -0.0906. The van der Waals surface area contributed by atoms with E-state index < -0.39 is 0 Å². The number of carbonyl (C=O) groups is 1. The molecule has 0 saturated carbocycles. The van der Waals surface area contributed by atoms with E-state index in [1.165, 1.54) is 0 Å². The lowest BCUT2D eigenvalue weighted by atomic mass is 9.98. The van der Waals surface area contributed by atoms with Crippen LogP contribution < -0.4 is 5.32 Å². The van der Waals surface area contributed by atoms with Crippen molar-refractivity contribution in [3.63, 3.8) is 0 Å². The minimum Gasteiger partial charge on any atom is -0.466 e. The maximum Gasteiger partial charge on any atom is 0.310 e. The van der Waals surface area contributed by atoms with Crippen molar-refractivity contribution in [2.75, 3.05) is 39.0 Å². The van der Waals surface area contributed by atoms with Gasteiger partial charge in [-0.2, -0.15) is 0 Å². The molecule has 8 nitrogen and oxygen atoms in total. The Morgan fingerprint density at radius 3 is 2.83 bits per heavy atom. The molecule has 0 aromatic carbocycles. The summed E-state index contributed by atoms with van der Waals surface area (Å²) in [4.78, 5) is 19.2. The molecule has 0 aliphatic carbocycles. The van der Waals surface area contributed by atoms with E-state index in [0.29, 0.717) is 25.6 Å². The Labute approximate surface area is 185 Å². The zero-order chi connectivity index (χ0) is 21.9. The first-order valence-corrected chi connectivity index (χ1v) is 12.4. The summed E-state index contributed by atoms with van der Waals surface area (Å²) in [5, 5.41) is 13.1. The third-order valence-electron chi connectivity index (χ3n) is 5.02. The first-order chi connectivity index (χ1) is 14.5. The summed E-state index contributed by atoms with van der Waals surface area (Å²) in [5.74, 6) is 2.32. The smallest absolute Gasteiger partial charge is 0.310 e. The van der Waals surface area contributed by atoms with Gasteiger partial charge in [-0.25, -0.2) is 0 Å². The van der Waals surface area contributed by atoms with Crippen molar-refractivity contribution in [1.82, 2.24) is 25.0 Å². The third kappa shape index (κ3) is 7.18. The fourth-order valence-electron chi connectivity index (χ4n) is 3.67. The van der Waals surface area contributed by atoms with E-state index in [1.54, 1.807) is 11.8 Å². The van der Waals surface area contributed by atoms with Gasteiger partial charge in [0.25, 0.3) is 0 Å². The molecule has 1 N–H and O–H groups in total. The molecule has 1 aliphatic rings. The standard InChI is InChI=1S/C21H38N6O2S/c1-6-22-20(26-13-9-10-17(15-26)19(28)29-7-2)23-12-8-11-18-24-25-21(30-5)27(18)14-16(3)4/h16-17H,6-15H2,1-5H3,(H,22,23). The van der Waals surface area contributed by atoms with Crippen molar-refractivity contribution < 1.29 is 9.53 Å². The number of carbonyl (C=O) groups excluding carboxylic acids is 1. The molecule has 2 rings (SSSR count). The van der Waals surface area contributed by atoms with Gasteiger partial charge >= 0.3 is 5.97 Å². The largest absolute Gasteiger partial charge is 0.466 e. The Kier molecular flexibility index (Phi) is 10.5. The lowest BCUT2D eigenvalue weighted by Gasteiger charge is -2.34. The average Bonchev–Trinajstić information content (AvgIpc) is 3.11. The van der Waals surface area contributed by atoms with Crippen LogP contribution in [0, 0.1) is 11.8 Å². The number of esters is 1. The van der Waals surface area contributed by atoms with Crippen molar-refractivity contribution >= 4 is 23.7 Å². The Balaban J connectivity index is 1.95. The summed E-state index contributed by atoms with van der Waals surface area (Å²) < 4.78 is 7.46. The van der Waals surface area contributed by atoms with E-state index in [9.17, 15) is 4.79 Å². The topological polar surface area (TPSA) is 84.6 Å². The fourth-order valence-corrected chi connectivity index (χ4v) is 4.20. The summed E-state index contributed by atoms with van der Waals surface area (Å²) in [7, 11) is 0. The summed E-state index contributed by atoms with van der Waals surface area (Å²) in [6.45, 7) is 12.8. The van der Waals surface area contributed by atoms with Crippen LogP contribution in [0.4, 0.5) is 0 Å². The second-order valence-corrected chi connectivity index (χ2v) is 8.76. The van der Waals surface area contributed by atoms with Gasteiger partial charge in [-0.05, 0) is 45.3 Å². The molecule has 0 amide bonds. The predicted molar refractivity (Wildman–Crippen MR) is 122 cm³/mol. The highest BCUT2D eigenvalue weighted by molar-refractivity contribution is 7.98. The summed E-state index contributed by atoms with van der Waals surface area (Å²) in [6.07, 6.45) is 5.67. The lowest BCUT2D eigenvalue weighted by molar-refractivity contribution is -0.149. The number of aromatic nitrogens is 3. The van der Waals surface area contributed by atoms with Gasteiger partial charge < -0.3 is 19.5 Å². The van der Waals surface area contributed by atoms with E-state index in [1.807, 2.05) is 13.2 Å². The van der Waals surface area contributed by atoms with Crippen LogP contribution in [0.15, 0.2) is 10.1 Å². The van der Waals surface area contributed by atoms with Crippen molar-refractivity contribution in [2.45, 2.75) is 65.1 Å². The van der Waals surface area contributed by atoms with Gasteiger partial charge in [0.1, 0.15) is 5.82 Å². The van der Waals surface area contributed by atoms with Crippen LogP contribution in [0.3, 0.4) is 0 Å². The van der Waals surface area contributed by atoms with E-state index in [0.717, 1.165) is 62.3 Å². The van der Waals surface area contributed by atoms with E-state index in [4.69, 9.17) is 9.73 Å². The summed E-state index contributed by atoms with van der Waals surface area (Å²) >= 11 is 1.64. The van der Waals surface area contributed by atoms with E-state index >= 15 is 0 Å². The Morgan fingerprint density at radius 2 is 2.17 bits per heavy atom. The molecular weight excluding hydrogens is 400 g/mol. The summed E-state index contributed by atoms with van der Waals surface area (Å²) in [5.41, 5.74) is 0. The van der Waals surface area contributed by atoms with E-state index in [2.05, 4.69) is 45.8 Å². The number of aryl methyl sites for hydroxylation is 1. The SMILES string of the molecule is CCNC(=NCCCc1nnc(SC)n1CC(C)C)N1CCCC(C(=O)OCC)C1. The number of thioether (sulfide) groups is 1. The van der Waals surface area contributed by atoms with Crippen LogP contribution in [0.25, 0.3) is 0 Å². The molecule has 1 fully saturated rings. The van der Waals surface area contributed by atoms with Crippen molar-refractivity contribution in [1.29, 1.82) is 0 Å². The predicted octanol–water partition coefficient (Wildman–Crippen LogP) is 2.83. The fraction of sp³-hybridized carbons (Fsp3) is 0.810. The highest BCUT2D eigenvalue weighted by Gasteiger charge is 2.28. The monoisotopic (exact) mass is 438 g/mol. The Morgan fingerprint density at radius 1 is 1.37 bits per heavy atom. The van der Waals surface area contributed by atoms with Crippen molar-refractivity contribution in [3.05, 3.63) is 5.82 Å². The number of nitrogens with zero attached hydrogens (tertiary/aromatic N) is 5. The van der Waals surface area contributed by atoms with Gasteiger partial charge in [-0.1, -0.05) is 25.6 Å². The van der Waals surface area contributed by atoms with Crippen LogP contribution in [0.5, 0.6) is 0 Å². The Bertz CT molecular complexity index is 691. The molecular formula is C21H38N6O2S. The highest BCUT2D eigenvalue weighted by atomic mass is 32.2. The van der Waals surface area contributed by atoms with Crippen LogP contribution in [-0.4, -0.2) is 70.6 Å². The molecule has 1 aliphatic heterocycles. The van der Waals surface area contributed by atoms with Gasteiger partial charge in [0.15, 0.2) is 11.1 Å². The molecule has 1 saturated heterocycles. The number of piperidine rings is 1. The van der Waals surface area contributed by atoms with E-state index in [-0.39, 0.29) is 11.9 Å².